The van der Waals surface area contributed by atoms with Crippen molar-refractivity contribution in [2.75, 3.05) is 0 Å². The van der Waals surface area contributed by atoms with Gasteiger partial charge in [-0.1, -0.05) is 31.4 Å². The van der Waals surface area contributed by atoms with Crippen LogP contribution in [0, 0.1) is 5.92 Å². The molecule has 1 aliphatic rings. The maximum Gasteiger partial charge on any atom is 0.0682 e. The number of hydrogen-bond acceptors (Lipinski definition) is 1. The van der Waals surface area contributed by atoms with Crippen LogP contribution in [0.2, 0.25) is 19.6 Å². The van der Waals surface area contributed by atoms with Gasteiger partial charge in [0.2, 0.25) is 0 Å². The van der Waals surface area contributed by atoms with Crippen LogP contribution in [0.15, 0.2) is 11.8 Å². The molecule has 0 aromatic rings. The van der Waals surface area contributed by atoms with Gasteiger partial charge in [-0.3, -0.25) is 0 Å². The molecule has 1 fully saturated rings. The van der Waals surface area contributed by atoms with E-state index in [0.717, 1.165) is 12.8 Å². The third-order valence-corrected chi connectivity index (χ3v) is 3.51. The predicted molar refractivity (Wildman–Crippen MR) is 55.8 cm³/mol. The second-order valence-electron chi connectivity index (χ2n) is 4.95. The van der Waals surface area contributed by atoms with Crippen LogP contribution in [-0.2, 0) is 0 Å². The number of aliphatic hydroxyl groups is 1. The first kappa shape index (κ1) is 10.0. The van der Waals surface area contributed by atoms with Crippen molar-refractivity contribution in [3.8, 4) is 0 Å². The summed E-state index contributed by atoms with van der Waals surface area (Å²) in [6.07, 6.45) is 5.48. The van der Waals surface area contributed by atoms with Crippen molar-refractivity contribution in [1.82, 2.24) is 0 Å². The Morgan fingerprint density at radius 2 is 1.92 bits per heavy atom. The molecule has 1 N–H and O–H groups in total. The van der Waals surface area contributed by atoms with E-state index in [9.17, 15) is 5.11 Å². The van der Waals surface area contributed by atoms with Gasteiger partial charge in [0.05, 0.1) is 14.2 Å². The maximum absolute atomic E-state index is 9.31. The molecule has 2 heteroatoms. The fourth-order valence-corrected chi connectivity index (χ4v) is 2.44. The van der Waals surface area contributed by atoms with Gasteiger partial charge >= 0.3 is 0 Å². The monoisotopic (exact) mass is 184 g/mol. The lowest BCUT2D eigenvalue weighted by Crippen LogP contribution is -2.16. The van der Waals surface area contributed by atoms with Gasteiger partial charge in [0.25, 0.3) is 0 Å². The fourth-order valence-electron chi connectivity index (χ4n) is 1.59. The van der Waals surface area contributed by atoms with Crippen LogP contribution in [0.25, 0.3) is 0 Å². The van der Waals surface area contributed by atoms with Gasteiger partial charge in [-0.25, -0.2) is 0 Å². The second-order valence-corrected chi connectivity index (χ2v) is 10.0. The summed E-state index contributed by atoms with van der Waals surface area (Å²) in [6, 6.07) is 0. The van der Waals surface area contributed by atoms with E-state index in [-0.39, 0.29) is 6.10 Å². The minimum absolute atomic E-state index is 0.0266. The molecule has 1 saturated carbocycles. The topological polar surface area (TPSA) is 20.2 Å². The summed E-state index contributed by atoms with van der Waals surface area (Å²) in [4.78, 5) is 0. The van der Waals surface area contributed by atoms with Crippen LogP contribution in [0.5, 0.6) is 0 Å². The zero-order valence-electron chi connectivity index (χ0n) is 8.38. The zero-order chi connectivity index (χ0) is 9.19. The Morgan fingerprint density at radius 1 is 1.25 bits per heavy atom. The zero-order valence-corrected chi connectivity index (χ0v) is 9.38. The lowest BCUT2D eigenvalue weighted by atomic mass is 10.1. The van der Waals surface area contributed by atoms with E-state index in [4.69, 9.17) is 0 Å². The number of allylic oxidation sites excluding steroid dienone is 1. The second kappa shape index (κ2) is 3.75. The molecule has 0 radical (unpaired) electrons. The van der Waals surface area contributed by atoms with Crippen LogP contribution in [0.4, 0.5) is 0 Å². The van der Waals surface area contributed by atoms with E-state index in [1.54, 1.807) is 0 Å². The van der Waals surface area contributed by atoms with Crippen LogP contribution in [-0.4, -0.2) is 19.3 Å². The van der Waals surface area contributed by atoms with E-state index < -0.39 is 8.07 Å². The maximum atomic E-state index is 9.31. The average Bonchev–Trinajstić information content (AvgIpc) is 2.30. The first-order valence-corrected chi connectivity index (χ1v) is 8.42. The van der Waals surface area contributed by atoms with E-state index >= 15 is 0 Å². The minimum Gasteiger partial charge on any atom is -0.393 e. The van der Waals surface area contributed by atoms with E-state index in [1.165, 1.54) is 6.42 Å². The quantitative estimate of drug-likeness (QED) is 0.654. The van der Waals surface area contributed by atoms with Gasteiger partial charge < -0.3 is 5.11 Å². The van der Waals surface area contributed by atoms with Crippen LogP contribution < -0.4 is 0 Å². The average molecular weight is 184 g/mol. The largest absolute Gasteiger partial charge is 0.393 e. The summed E-state index contributed by atoms with van der Waals surface area (Å²) in [6.45, 7) is 7.03. The van der Waals surface area contributed by atoms with Crippen LogP contribution in [0.3, 0.4) is 0 Å². The van der Waals surface area contributed by atoms with E-state index in [2.05, 4.69) is 31.4 Å². The number of hydrogen-bond donors (Lipinski definition) is 1. The van der Waals surface area contributed by atoms with Crippen molar-refractivity contribution in [3.05, 3.63) is 11.8 Å². The van der Waals surface area contributed by atoms with Gasteiger partial charge in [0.1, 0.15) is 0 Å². The highest BCUT2D eigenvalue weighted by Crippen LogP contribution is 2.26. The van der Waals surface area contributed by atoms with Crippen molar-refractivity contribution < 1.29 is 5.11 Å². The summed E-state index contributed by atoms with van der Waals surface area (Å²) in [5.41, 5.74) is 2.40. The fraction of sp³-hybridized carbons (Fsp3) is 0.800. The third-order valence-electron chi connectivity index (χ3n) is 2.31. The van der Waals surface area contributed by atoms with Gasteiger partial charge in [0.15, 0.2) is 0 Å². The molecule has 70 valence electrons. The Hall–Kier alpha value is -0.0831. The van der Waals surface area contributed by atoms with Crippen molar-refractivity contribution in [2.45, 2.75) is 45.0 Å². The minimum atomic E-state index is -1.01. The highest BCUT2D eigenvalue weighted by molar-refractivity contribution is 6.80. The molecule has 0 amide bonds. The Balaban J connectivity index is 2.37. The lowest BCUT2D eigenvalue weighted by molar-refractivity contribution is 0.180. The van der Waals surface area contributed by atoms with Gasteiger partial charge in [-0.15, -0.1) is 0 Å². The van der Waals surface area contributed by atoms with Crippen molar-refractivity contribution in [2.24, 2.45) is 5.92 Å². The first-order valence-electron chi connectivity index (χ1n) is 4.85. The molecule has 0 aromatic carbocycles. The van der Waals surface area contributed by atoms with Gasteiger partial charge in [-0.05, 0) is 25.2 Å². The molecular weight excluding hydrogens is 164 g/mol. The SMILES string of the molecule is C[Si](C)(C)C=CC1CC[C@H](O)C1. The Kier molecular flexibility index (Phi) is 3.13. The van der Waals surface area contributed by atoms with E-state index in [1.807, 2.05) is 0 Å². The van der Waals surface area contributed by atoms with Crippen LogP contribution >= 0.6 is 0 Å². The molecule has 1 nitrogen and oxygen atoms in total. The Bertz CT molecular complexity index is 169. The molecule has 0 bridgehead atoms. The molecule has 12 heavy (non-hydrogen) atoms. The first-order chi connectivity index (χ1) is 5.47. The molecule has 0 spiro atoms. The molecule has 2 atom stereocenters. The standard InChI is InChI=1S/C10H20OSi/c1-12(2,3)7-6-9-4-5-10(11)8-9/h6-7,9-11H,4-5,8H2,1-3H3/t9?,10-/m0/s1. The third kappa shape index (κ3) is 3.54. The highest BCUT2D eigenvalue weighted by atomic mass is 28.3. The highest BCUT2D eigenvalue weighted by Gasteiger charge is 2.20. The molecular formula is C10H20OSi. The molecule has 1 unspecified atom stereocenters. The molecule has 1 aliphatic carbocycles. The van der Waals surface area contributed by atoms with Crippen LogP contribution in [0.1, 0.15) is 19.3 Å². The molecule has 0 saturated heterocycles. The summed E-state index contributed by atoms with van der Waals surface area (Å²) >= 11 is 0. The van der Waals surface area contributed by atoms with Crippen molar-refractivity contribution >= 4 is 8.07 Å². The normalized spacial score (nSPS) is 31.7. The summed E-state index contributed by atoms with van der Waals surface area (Å²) < 4.78 is 0. The Labute approximate surface area is 76.5 Å². The number of rotatable bonds is 2. The van der Waals surface area contributed by atoms with Gasteiger partial charge in [-0.2, -0.15) is 0 Å². The summed E-state index contributed by atoms with van der Waals surface area (Å²) in [7, 11) is -1.01. The molecule has 0 aliphatic heterocycles. The van der Waals surface area contributed by atoms with Crippen molar-refractivity contribution in [1.29, 1.82) is 0 Å². The molecule has 0 heterocycles. The summed E-state index contributed by atoms with van der Waals surface area (Å²) in [5.74, 6) is 0.659. The Morgan fingerprint density at radius 3 is 2.33 bits per heavy atom. The molecule has 0 aromatic heterocycles. The van der Waals surface area contributed by atoms with Gasteiger partial charge in [0, 0.05) is 0 Å². The van der Waals surface area contributed by atoms with E-state index in [0.29, 0.717) is 5.92 Å². The number of aliphatic hydroxyl groups excluding tert-OH is 1. The summed E-state index contributed by atoms with van der Waals surface area (Å²) in [5, 5.41) is 9.31. The lowest BCUT2D eigenvalue weighted by Gasteiger charge is -2.10. The predicted octanol–water partition coefficient (Wildman–Crippen LogP) is 2.58. The van der Waals surface area contributed by atoms with Crippen molar-refractivity contribution in [3.63, 3.8) is 0 Å². The molecule has 1 rings (SSSR count). The smallest absolute Gasteiger partial charge is 0.0682 e.